The molecular weight excluding hydrogens is 318 g/mol. The van der Waals surface area contributed by atoms with E-state index in [0.29, 0.717) is 35.3 Å². The molecule has 23 heavy (non-hydrogen) atoms. The van der Waals surface area contributed by atoms with Crippen LogP contribution in [0.2, 0.25) is 5.02 Å². The van der Waals surface area contributed by atoms with Crippen molar-refractivity contribution in [1.29, 1.82) is 0 Å². The normalized spacial score (nSPS) is 21.3. The van der Waals surface area contributed by atoms with Gasteiger partial charge in [-0.2, -0.15) is 0 Å². The zero-order chi connectivity index (χ0) is 17.0. The van der Waals surface area contributed by atoms with Crippen LogP contribution in [-0.4, -0.2) is 51.2 Å². The predicted molar refractivity (Wildman–Crippen MR) is 91.4 cm³/mol. The maximum Gasteiger partial charge on any atom is 0.238 e. The molecule has 128 valence electrons. The second-order valence-corrected chi connectivity index (χ2v) is 6.62. The molecule has 0 aromatic heterocycles. The quantitative estimate of drug-likeness (QED) is 0.827. The van der Waals surface area contributed by atoms with Gasteiger partial charge >= 0.3 is 0 Å². The summed E-state index contributed by atoms with van der Waals surface area (Å²) in [4.78, 5) is 14.4. The Morgan fingerprint density at radius 2 is 2.09 bits per heavy atom. The molecule has 0 radical (unpaired) electrons. The highest BCUT2D eigenvalue weighted by atomic mass is 35.5. The summed E-state index contributed by atoms with van der Waals surface area (Å²) in [5.74, 6) is 0.901. The Bertz CT molecular complexity index is 582. The third-order valence-electron chi connectivity index (χ3n) is 4.24. The molecule has 0 bridgehead atoms. The van der Waals surface area contributed by atoms with Gasteiger partial charge in [-0.25, -0.2) is 0 Å². The van der Waals surface area contributed by atoms with Crippen LogP contribution in [0.5, 0.6) is 11.5 Å². The number of benzene rings is 1. The number of hydrogen-bond acceptors (Lipinski definition) is 5. The van der Waals surface area contributed by atoms with E-state index in [-0.39, 0.29) is 11.3 Å². The summed E-state index contributed by atoms with van der Waals surface area (Å²) in [7, 11) is 3.06. The zero-order valence-electron chi connectivity index (χ0n) is 13.8. The van der Waals surface area contributed by atoms with Crippen molar-refractivity contribution in [1.82, 2.24) is 4.90 Å². The fraction of sp³-hybridized carbons (Fsp3) is 0.562. The Balaban J connectivity index is 2.02. The van der Waals surface area contributed by atoms with E-state index in [1.165, 1.54) is 14.2 Å². The van der Waals surface area contributed by atoms with Gasteiger partial charge in [-0.15, -0.1) is 0 Å². The van der Waals surface area contributed by atoms with Crippen molar-refractivity contribution in [2.45, 2.75) is 13.3 Å². The van der Waals surface area contributed by atoms with Crippen molar-refractivity contribution in [2.75, 3.05) is 45.7 Å². The molecule has 1 saturated heterocycles. The average molecular weight is 342 g/mol. The van der Waals surface area contributed by atoms with Crippen molar-refractivity contribution in [3.8, 4) is 11.5 Å². The van der Waals surface area contributed by atoms with Gasteiger partial charge in [0.15, 0.2) is 0 Å². The first-order chi connectivity index (χ1) is 10.9. The molecule has 1 unspecified atom stereocenters. The third-order valence-corrected chi connectivity index (χ3v) is 4.54. The Hall–Kier alpha value is -1.50. The molecule has 1 atom stereocenters. The lowest BCUT2D eigenvalue weighted by Crippen LogP contribution is -2.35. The van der Waals surface area contributed by atoms with Crippen LogP contribution in [0.15, 0.2) is 12.1 Å². The Morgan fingerprint density at radius 3 is 2.65 bits per heavy atom. The first kappa shape index (κ1) is 17.8. The molecule has 7 heteroatoms. The zero-order valence-corrected chi connectivity index (χ0v) is 14.6. The molecule has 0 aliphatic carbocycles. The van der Waals surface area contributed by atoms with Crippen LogP contribution < -0.4 is 20.5 Å². The van der Waals surface area contributed by atoms with Crippen molar-refractivity contribution in [3.63, 3.8) is 0 Å². The van der Waals surface area contributed by atoms with Crippen LogP contribution in [0.25, 0.3) is 0 Å². The summed E-state index contributed by atoms with van der Waals surface area (Å²) < 4.78 is 10.4. The number of carbonyl (C=O) groups is 1. The molecule has 0 saturated carbocycles. The lowest BCUT2D eigenvalue weighted by molar-refractivity contribution is -0.117. The molecule has 3 N–H and O–H groups in total. The standard InChI is InChI=1S/C16H24ClN3O3/c1-16(9-18)4-5-20(10-16)8-15(21)19-12-6-11(17)13(22-2)7-14(12)23-3/h6-7H,4-5,8-10,18H2,1-3H3,(H,19,21). The number of carbonyl (C=O) groups excluding carboxylic acids is 1. The highest BCUT2D eigenvalue weighted by Crippen LogP contribution is 2.36. The van der Waals surface area contributed by atoms with E-state index in [1.807, 2.05) is 0 Å². The minimum atomic E-state index is -0.106. The summed E-state index contributed by atoms with van der Waals surface area (Å²) in [5, 5.41) is 3.27. The van der Waals surface area contributed by atoms with Gasteiger partial charge in [0.25, 0.3) is 0 Å². The van der Waals surface area contributed by atoms with Crippen LogP contribution in [0.3, 0.4) is 0 Å². The van der Waals surface area contributed by atoms with Crippen LogP contribution in [-0.2, 0) is 4.79 Å². The van der Waals surface area contributed by atoms with E-state index >= 15 is 0 Å². The summed E-state index contributed by atoms with van der Waals surface area (Å²) in [6.07, 6.45) is 1.01. The molecule has 1 aromatic rings. The van der Waals surface area contributed by atoms with E-state index in [4.69, 9.17) is 26.8 Å². The van der Waals surface area contributed by atoms with E-state index in [9.17, 15) is 4.79 Å². The first-order valence-electron chi connectivity index (χ1n) is 7.54. The van der Waals surface area contributed by atoms with Gasteiger partial charge in [0.05, 0.1) is 31.5 Å². The third kappa shape index (κ3) is 4.28. The average Bonchev–Trinajstić information content (AvgIpc) is 2.89. The second-order valence-electron chi connectivity index (χ2n) is 6.21. The molecule has 2 rings (SSSR count). The predicted octanol–water partition coefficient (Wildman–Crippen LogP) is 1.97. The molecule has 1 aliphatic rings. The lowest BCUT2D eigenvalue weighted by Gasteiger charge is -2.22. The fourth-order valence-electron chi connectivity index (χ4n) is 2.78. The summed E-state index contributed by atoms with van der Waals surface area (Å²) in [6.45, 7) is 4.81. The molecule has 0 spiro atoms. The molecule has 1 fully saturated rings. The minimum Gasteiger partial charge on any atom is -0.495 e. The molecule has 6 nitrogen and oxygen atoms in total. The number of hydrogen-bond donors (Lipinski definition) is 2. The van der Waals surface area contributed by atoms with Crippen LogP contribution in [0.1, 0.15) is 13.3 Å². The number of anilines is 1. The van der Waals surface area contributed by atoms with Crippen molar-refractivity contribution >= 4 is 23.2 Å². The van der Waals surface area contributed by atoms with Gasteiger partial charge in [0, 0.05) is 12.6 Å². The summed E-state index contributed by atoms with van der Waals surface area (Å²) in [6, 6.07) is 3.28. The monoisotopic (exact) mass is 341 g/mol. The van der Waals surface area contributed by atoms with Crippen LogP contribution in [0, 0.1) is 5.41 Å². The first-order valence-corrected chi connectivity index (χ1v) is 7.92. The number of likely N-dealkylation sites (tertiary alicyclic amines) is 1. The van der Waals surface area contributed by atoms with Gasteiger partial charge in [0.2, 0.25) is 5.91 Å². The van der Waals surface area contributed by atoms with Crippen molar-refractivity contribution < 1.29 is 14.3 Å². The van der Waals surface area contributed by atoms with Crippen molar-refractivity contribution in [3.05, 3.63) is 17.2 Å². The topological polar surface area (TPSA) is 76.8 Å². The Labute approximate surface area is 141 Å². The number of rotatable bonds is 6. The minimum absolute atomic E-state index is 0.0986. The number of halogens is 1. The highest BCUT2D eigenvalue weighted by molar-refractivity contribution is 6.32. The molecule has 1 heterocycles. The van der Waals surface area contributed by atoms with Gasteiger partial charge in [0.1, 0.15) is 11.5 Å². The Kier molecular flexibility index (Phi) is 5.73. The maximum atomic E-state index is 12.3. The van der Waals surface area contributed by atoms with Gasteiger partial charge in [-0.3, -0.25) is 9.69 Å². The van der Waals surface area contributed by atoms with Gasteiger partial charge < -0.3 is 20.5 Å². The van der Waals surface area contributed by atoms with Gasteiger partial charge in [-0.05, 0) is 31.0 Å². The summed E-state index contributed by atoms with van der Waals surface area (Å²) in [5.41, 5.74) is 6.43. The number of ether oxygens (including phenoxy) is 2. The summed E-state index contributed by atoms with van der Waals surface area (Å²) >= 11 is 6.11. The fourth-order valence-corrected chi connectivity index (χ4v) is 3.02. The highest BCUT2D eigenvalue weighted by Gasteiger charge is 2.33. The molecular formula is C16H24ClN3O3. The molecule has 1 amide bonds. The van der Waals surface area contributed by atoms with E-state index in [2.05, 4.69) is 17.1 Å². The number of methoxy groups -OCH3 is 2. The van der Waals surface area contributed by atoms with E-state index in [0.717, 1.165) is 19.5 Å². The van der Waals surface area contributed by atoms with Crippen LogP contribution in [0.4, 0.5) is 5.69 Å². The largest absolute Gasteiger partial charge is 0.495 e. The van der Waals surface area contributed by atoms with Crippen molar-refractivity contribution in [2.24, 2.45) is 11.1 Å². The molecule has 1 aliphatic heterocycles. The number of nitrogens with zero attached hydrogens (tertiary/aromatic N) is 1. The second kappa shape index (κ2) is 7.38. The molecule has 1 aromatic carbocycles. The number of nitrogens with two attached hydrogens (primary N) is 1. The van der Waals surface area contributed by atoms with E-state index in [1.54, 1.807) is 12.1 Å². The number of amides is 1. The smallest absolute Gasteiger partial charge is 0.238 e. The Morgan fingerprint density at radius 1 is 1.39 bits per heavy atom. The lowest BCUT2D eigenvalue weighted by atomic mass is 9.90. The van der Waals surface area contributed by atoms with E-state index < -0.39 is 0 Å². The SMILES string of the molecule is COc1cc(OC)c(NC(=O)CN2CCC(C)(CN)C2)cc1Cl. The van der Waals surface area contributed by atoms with Gasteiger partial charge in [-0.1, -0.05) is 18.5 Å². The van der Waals surface area contributed by atoms with Crippen LogP contribution >= 0.6 is 11.6 Å². The number of nitrogens with one attached hydrogen (secondary N) is 1. The maximum absolute atomic E-state index is 12.3.